The number of anilines is 1. The van der Waals surface area contributed by atoms with Crippen molar-refractivity contribution >= 4 is 17.0 Å². The van der Waals surface area contributed by atoms with Crippen LogP contribution in [0.25, 0.3) is 11.0 Å². The van der Waals surface area contributed by atoms with Crippen LogP contribution in [0.2, 0.25) is 0 Å². The molecule has 4 rings (SSSR count). The summed E-state index contributed by atoms with van der Waals surface area (Å²) in [6.45, 7) is 11.2. The smallest absolute Gasteiger partial charge is 0.278 e. The number of benzene rings is 1. The van der Waals surface area contributed by atoms with Crippen molar-refractivity contribution in [1.29, 1.82) is 0 Å². The van der Waals surface area contributed by atoms with Crippen molar-refractivity contribution in [1.82, 2.24) is 29.5 Å². The molecule has 3 aromatic heterocycles. The molecule has 1 atom stereocenters. The van der Waals surface area contributed by atoms with E-state index in [1.54, 1.807) is 17.9 Å². The lowest BCUT2D eigenvalue weighted by Crippen LogP contribution is -2.39. The predicted octanol–water partition coefficient (Wildman–Crippen LogP) is 3.86. The van der Waals surface area contributed by atoms with Gasteiger partial charge < -0.3 is 4.90 Å². The minimum atomic E-state index is -0.260. The average Bonchev–Trinajstić information content (AvgIpc) is 3.36. The molecule has 4 aromatic rings. The summed E-state index contributed by atoms with van der Waals surface area (Å²) in [5.74, 6) is 0.841. The Hall–Kier alpha value is -3.42. The zero-order valence-corrected chi connectivity index (χ0v) is 19.6. The van der Waals surface area contributed by atoms with Crippen molar-refractivity contribution in [3.8, 4) is 0 Å². The second-order valence-electron chi connectivity index (χ2n) is 9.63. The summed E-state index contributed by atoms with van der Waals surface area (Å²) in [5.41, 5.74) is 2.54. The Balaban J connectivity index is 1.96. The summed E-state index contributed by atoms with van der Waals surface area (Å²) in [4.78, 5) is 23.3. The van der Waals surface area contributed by atoms with E-state index in [1.165, 1.54) is 0 Å². The standard InChI is InChI=1S/C24H31N7O/c1-16(2)15-30(22(31-14-10-13-25-31)17-11-8-7-9-12-17)23-26-18-19(21(32)27-23)29(6)28-20(18)24(3,4)5/h7-14,16,22H,15H2,1-6H3,(H,26,27,32). The third-order valence-corrected chi connectivity index (χ3v) is 5.39. The minimum Gasteiger partial charge on any atom is -0.316 e. The highest BCUT2D eigenvalue weighted by Crippen LogP contribution is 2.30. The van der Waals surface area contributed by atoms with Gasteiger partial charge in [-0.3, -0.25) is 14.5 Å². The highest BCUT2D eigenvalue weighted by Gasteiger charge is 2.29. The summed E-state index contributed by atoms with van der Waals surface area (Å²) in [7, 11) is 1.79. The quantitative estimate of drug-likeness (QED) is 0.499. The summed E-state index contributed by atoms with van der Waals surface area (Å²) in [6, 6.07) is 12.1. The Kier molecular flexibility index (Phi) is 5.62. The Morgan fingerprint density at radius 1 is 1.12 bits per heavy atom. The molecule has 8 nitrogen and oxygen atoms in total. The lowest BCUT2D eigenvalue weighted by atomic mass is 9.91. The fourth-order valence-corrected chi connectivity index (χ4v) is 4.03. The van der Waals surface area contributed by atoms with E-state index < -0.39 is 0 Å². The van der Waals surface area contributed by atoms with Crippen LogP contribution < -0.4 is 10.5 Å². The van der Waals surface area contributed by atoms with E-state index in [9.17, 15) is 4.79 Å². The second-order valence-corrected chi connectivity index (χ2v) is 9.63. The van der Waals surface area contributed by atoms with E-state index in [0.29, 0.717) is 29.4 Å². The van der Waals surface area contributed by atoms with Gasteiger partial charge in [-0.1, -0.05) is 65.0 Å². The van der Waals surface area contributed by atoms with Crippen LogP contribution in [0.3, 0.4) is 0 Å². The Labute approximate surface area is 187 Å². The molecule has 0 amide bonds. The fraction of sp³-hybridized carbons (Fsp3) is 0.417. The summed E-state index contributed by atoms with van der Waals surface area (Å²) >= 11 is 0. The topological polar surface area (TPSA) is 84.6 Å². The molecule has 0 saturated carbocycles. The fourth-order valence-electron chi connectivity index (χ4n) is 4.03. The number of aromatic amines is 1. The van der Waals surface area contributed by atoms with Crippen LogP contribution in [0.15, 0.2) is 53.6 Å². The van der Waals surface area contributed by atoms with Crippen molar-refractivity contribution in [2.24, 2.45) is 13.0 Å². The molecular formula is C24H31N7O. The zero-order chi connectivity index (χ0) is 23.0. The van der Waals surface area contributed by atoms with Gasteiger partial charge in [-0.25, -0.2) is 9.67 Å². The third kappa shape index (κ3) is 4.04. The lowest BCUT2D eigenvalue weighted by molar-refractivity contribution is 0.453. The third-order valence-electron chi connectivity index (χ3n) is 5.39. The lowest BCUT2D eigenvalue weighted by Gasteiger charge is -2.34. The van der Waals surface area contributed by atoms with Gasteiger partial charge in [-0.2, -0.15) is 10.2 Å². The summed E-state index contributed by atoms with van der Waals surface area (Å²) in [5, 5.41) is 9.17. The van der Waals surface area contributed by atoms with Crippen molar-refractivity contribution in [2.75, 3.05) is 11.4 Å². The summed E-state index contributed by atoms with van der Waals surface area (Å²) < 4.78 is 3.52. The van der Waals surface area contributed by atoms with Gasteiger partial charge in [0.25, 0.3) is 5.56 Å². The number of aryl methyl sites for hydroxylation is 1. The first kappa shape index (κ1) is 21.8. The molecule has 0 aliphatic heterocycles. The van der Waals surface area contributed by atoms with Crippen molar-refractivity contribution < 1.29 is 0 Å². The minimum absolute atomic E-state index is 0.198. The molecule has 0 saturated heterocycles. The predicted molar refractivity (Wildman–Crippen MR) is 127 cm³/mol. The van der Waals surface area contributed by atoms with Crippen molar-refractivity contribution in [3.63, 3.8) is 0 Å². The SMILES string of the molecule is CC(C)CN(c1nc2c(C(C)(C)C)nn(C)c2c(=O)[nH]1)C(c1ccccc1)n1cccn1. The van der Waals surface area contributed by atoms with E-state index in [2.05, 4.69) is 66.8 Å². The number of rotatable bonds is 6. The molecule has 1 N–H and O–H groups in total. The maximum Gasteiger partial charge on any atom is 0.278 e. The van der Waals surface area contributed by atoms with Crippen LogP contribution in [-0.4, -0.2) is 36.1 Å². The van der Waals surface area contributed by atoms with E-state index in [0.717, 1.165) is 11.3 Å². The molecule has 0 aliphatic carbocycles. The van der Waals surface area contributed by atoms with Crippen LogP contribution >= 0.6 is 0 Å². The molecule has 0 radical (unpaired) electrons. The normalized spacial score (nSPS) is 13.1. The van der Waals surface area contributed by atoms with Gasteiger partial charge in [0.1, 0.15) is 5.52 Å². The molecule has 3 heterocycles. The second kappa shape index (κ2) is 8.26. The van der Waals surface area contributed by atoms with Gasteiger partial charge in [0, 0.05) is 31.4 Å². The maximum absolute atomic E-state index is 13.2. The average molecular weight is 434 g/mol. The zero-order valence-electron chi connectivity index (χ0n) is 19.6. The maximum atomic E-state index is 13.2. The monoisotopic (exact) mass is 433 g/mol. The molecule has 0 fully saturated rings. The van der Waals surface area contributed by atoms with Crippen LogP contribution in [0.1, 0.15) is 52.0 Å². The van der Waals surface area contributed by atoms with Gasteiger partial charge in [-0.15, -0.1) is 0 Å². The van der Waals surface area contributed by atoms with E-state index in [4.69, 9.17) is 4.98 Å². The molecule has 168 valence electrons. The largest absolute Gasteiger partial charge is 0.316 e. The Morgan fingerprint density at radius 3 is 2.44 bits per heavy atom. The van der Waals surface area contributed by atoms with Crippen LogP contribution in [0, 0.1) is 5.92 Å². The molecule has 0 bridgehead atoms. The number of hydrogen-bond acceptors (Lipinski definition) is 5. The van der Waals surface area contributed by atoms with Crippen LogP contribution in [0.4, 0.5) is 5.95 Å². The van der Waals surface area contributed by atoms with Crippen molar-refractivity contribution in [2.45, 2.75) is 46.2 Å². The van der Waals surface area contributed by atoms with Crippen LogP contribution in [0.5, 0.6) is 0 Å². The molecule has 1 aromatic carbocycles. The number of hydrogen-bond donors (Lipinski definition) is 1. The van der Waals surface area contributed by atoms with Crippen LogP contribution in [-0.2, 0) is 12.5 Å². The van der Waals surface area contributed by atoms with Crippen molar-refractivity contribution in [3.05, 3.63) is 70.4 Å². The first-order chi connectivity index (χ1) is 15.2. The number of nitrogens with zero attached hydrogens (tertiary/aromatic N) is 6. The molecule has 0 spiro atoms. The van der Waals surface area contributed by atoms with Gasteiger partial charge in [0.2, 0.25) is 5.95 Å². The van der Waals surface area contributed by atoms with Gasteiger partial charge >= 0.3 is 0 Å². The van der Waals surface area contributed by atoms with Gasteiger partial charge in [-0.05, 0) is 17.5 Å². The van der Waals surface area contributed by atoms with E-state index in [-0.39, 0.29) is 17.1 Å². The van der Waals surface area contributed by atoms with Gasteiger partial charge in [0.15, 0.2) is 11.7 Å². The first-order valence-corrected chi connectivity index (χ1v) is 10.9. The summed E-state index contributed by atoms with van der Waals surface area (Å²) in [6.07, 6.45) is 3.44. The molecular weight excluding hydrogens is 402 g/mol. The molecule has 0 aliphatic rings. The van der Waals surface area contributed by atoms with Gasteiger partial charge in [0.05, 0.1) is 5.69 Å². The van der Waals surface area contributed by atoms with E-state index >= 15 is 0 Å². The van der Waals surface area contributed by atoms with E-state index in [1.807, 2.05) is 35.1 Å². The molecule has 1 unspecified atom stereocenters. The number of nitrogens with one attached hydrogen (secondary N) is 1. The number of fused-ring (bicyclic) bond motifs is 1. The molecule has 8 heteroatoms. The molecule has 32 heavy (non-hydrogen) atoms. The number of H-pyrrole nitrogens is 1. The Morgan fingerprint density at radius 2 is 1.84 bits per heavy atom. The highest BCUT2D eigenvalue weighted by molar-refractivity contribution is 5.79. The number of aromatic nitrogens is 6. The highest BCUT2D eigenvalue weighted by atomic mass is 16.1. The Bertz CT molecular complexity index is 1250. The first-order valence-electron chi connectivity index (χ1n) is 10.9.